The Hall–Kier alpha value is -1.60. The predicted molar refractivity (Wildman–Crippen MR) is 131 cm³/mol. The highest BCUT2D eigenvalue weighted by Gasteiger charge is 2.41. The van der Waals surface area contributed by atoms with E-state index in [2.05, 4.69) is 10.0 Å². The molecule has 1 aliphatic heterocycles. The van der Waals surface area contributed by atoms with Gasteiger partial charge in [-0.25, -0.2) is 4.79 Å². The molecule has 2 unspecified atom stereocenters. The first-order chi connectivity index (χ1) is 17.1. The zero-order chi connectivity index (χ0) is 28.0. The molecule has 0 radical (unpaired) electrons. The number of aromatic nitrogens is 2. The number of azide groups is 1. The average Bonchev–Trinajstić information content (AvgIpc) is 3.14. The fourth-order valence-corrected chi connectivity index (χ4v) is 10.2. The zero-order valence-corrected chi connectivity index (χ0v) is 22.7. The topological polar surface area (TPSA) is 269 Å². The van der Waals surface area contributed by atoms with E-state index < -0.39 is 70.6 Å². The van der Waals surface area contributed by atoms with Crippen LogP contribution in [0, 0.1) is 6.92 Å². The molecule has 0 bridgehead atoms. The smallest absolute Gasteiger partial charge is 0.337 e. The molecule has 1 fully saturated rings. The number of ether oxygens (including phenoxy) is 1. The van der Waals surface area contributed by atoms with Gasteiger partial charge in [-0.1, -0.05) is 11.5 Å². The van der Waals surface area contributed by atoms with E-state index in [4.69, 9.17) is 30.3 Å². The van der Waals surface area contributed by atoms with Crippen LogP contribution in [0.3, 0.4) is 0 Å². The average molecular weight is 588 g/mol. The van der Waals surface area contributed by atoms with Crippen molar-refractivity contribution in [3.63, 3.8) is 0 Å². The molecule has 2 rings (SSSR count). The second-order valence-corrected chi connectivity index (χ2v) is 15.5. The predicted octanol–water partition coefficient (Wildman–Crippen LogP) is 0.979. The fourth-order valence-electron chi connectivity index (χ4n) is 3.82. The number of rotatable bonds is 14. The molecule has 0 spiro atoms. The third kappa shape index (κ3) is 9.58. The number of hydrogen-bond donors (Lipinski definition) is 5. The normalized spacial score (nSPS) is 23.2. The second-order valence-electron chi connectivity index (χ2n) is 8.67. The fraction of sp³-hybridized carbons (Fsp3) is 0.765. The summed E-state index contributed by atoms with van der Waals surface area (Å²) < 4.78 is 48.1. The van der Waals surface area contributed by atoms with Crippen molar-refractivity contribution in [2.24, 2.45) is 10.8 Å². The molecule has 1 aliphatic rings. The molecule has 0 aromatic carbocycles. The highest BCUT2D eigenvalue weighted by molar-refractivity contribution is 7.79. The lowest BCUT2D eigenvalue weighted by molar-refractivity contribution is -0.0244. The molecule has 0 amide bonds. The third-order valence-corrected chi connectivity index (χ3v) is 12.4. The standard InChI is InChI=1S/C17H31N6O11P3/c1-12-8-23(17(25)22(16(12)24)6-4-2-3-5-18)15-7-13(20-21-19)14(34-15)9-33-37(31,32)11-35(26,27)10-36(28,29)30/h8,13-15H,2-7,9-11,18H2,1H3,(H,26,27)(H,31,32)(H2,28,29,30)/t13-,14+,15+/m0/s1. The Kier molecular flexibility index (Phi) is 11.1. The summed E-state index contributed by atoms with van der Waals surface area (Å²) in [6.07, 6.45) is 1.06. The van der Waals surface area contributed by atoms with E-state index in [9.17, 15) is 33.1 Å². The van der Waals surface area contributed by atoms with Crippen LogP contribution >= 0.6 is 22.6 Å². The first-order valence-electron chi connectivity index (χ1n) is 11.1. The lowest BCUT2D eigenvalue weighted by atomic mass is 10.1. The van der Waals surface area contributed by atoms with Crippen LogP contribution in [0.25, 0.3) is 10.4 Å². The minimum absolute atomic E-state index is 0.0464. The van der Waals surface area contributed by atoms with Crippen molar-refractivity contribution in [3.05, 3.63) is 43.0 Å². The molecule has 6 N–H and O–H groups in total. The van der Waals surface area contributed by atoms with Crippen LogP contribution in [0.1, 0.15) is 37.5 Å². The van der Waals surface area contributed by atoms with Crippen molar-refractivity contribution in [2.45, 2.75) is 57.5 Å². The van der Waals surface area contributed by atoms with E-state index in [0.29, 0.717) is 19.4 Å². The van der Waals surface area contributed by atoms with Crippen molar-refractivity contribution in [3.8, 4) is 0 Å². The van der Waals surface area contributed by atoms with E-state index in [1.165, 1.54) is 13.1 Å². The SMILES string of the molecule is Cc1cn([C@H]2C[C@H](N=[N+]=[N-])[C@@H](COP(=O)(O)CP(=O)(O)CP(=O)(O)O)O2)c(=O)n(CCCCCN)c1=O. The summed E-state index contributed by atoms with van der Waals surface area (Å²) in [6.45, 7) is 1.45. The summed E-state index contributed by atoms with van der Waals surface area (Å²) in [7, 11) is -14.5. The summed E-state index contributed by atoms with van der Waals surface area (Å²) in [6, 6.07) is -0.969. The van der Waals surface area contributed by atoms with E-state index in [-0.39, 0.29) is 18.5 Å². The lowest BCUT2D eigenvalue weighted by Gasteiger charge is -2.21. The van der Waals surface area contributed by atoms with Crippen molar-refractivity contribution < 1.29 is 42.5 Å². The third-order valence-electron chi connectivity index (χ3n) is 5.41. The highest BCUT2D eigenvalue weighted by atomic mass is 31.3. The molecule has 0 saturated carbocycles. The summed E-state index contributed by atoms with van der Waals surface area (Å²) >= 11 is 0. The van der Waals surface area contributed by atoms with Crippen LogP contribution in [0.4, 0.5) is 0 Å². The Labute approximate surface area is 211 Å². The number of aryl methyl sites for hydroxylation is 1. The number of nitrogens with two attached hydrogens (primary N) is 1. The van der Waals surface area contributed by atoms with Gasteiger partial charge in [0.15, 0.2) is 0 Å². The maximum atomic E-state index is 13.0. The number of unbranched alkanes of at least 4 members (excludes halogenated alkanes) is 2. The Bertz CT molecular complexity index is 1270. The van der Waals surface area contributed by atoms with Gasteiger partial charge in [0.2, 0.25) is 7.37 Å². The molecule has 0 aliphatic carbocycles. The van der Waals surface area contributed by atoms with Crippen molar-refractivity contribution in [1.29, 1.82) is 0 Å². The molecule has 1 aromatic heterocycles. The van der Waals surface area contributed by atoms with Gasteiger partial charge in [-0.2, -0.15) is 0 Å². The Balaban J connectivity index is 2.21. The van der Waals surface area contributed by atoms with Gasteiger partial charge in [0.1, 0.15) is 18.0 Å². The van der Waals surface area contributed by atoms with Gasteiger partial charge in [-0.3, -0.25) is 27.6 Å². The van der Waals surface area contributed by atoms with Gasteiger partial charge in [-0.15, -0.1) is 0 Å². The van der Waals surface area contributed by atoms with Crippen LogP contribution in [0.2, 0.25) is 0 Å². The summed E-state index contributed by atoms with van der Waals surface area (Å²) in [5.74, 6) is -2.91. The lowest BCUT2D eigenvalue weighted by Crippen LogP contribution is -2.42. The van der Waals surface area contributed by atoms with Crippen molar-refractivity contribution >= 4 is 22.6 Å². The largest absolute Gasteiger partial charge is 0.352 e. The highest BCUT2D eigenvalue weighted by Crippen LogP contribution is 2.63. The van der Waals surface area contributed by atoms with Gasteiger partial charge in [0.25, 0.3) is 5.56 Å². The summed E-state index contributed by atoms with van der Waals surface area (Å²) in [5.41, 5.74) is 13.5. The zero-order valence-electron chi connectivity index (χ0n) is 20.0. The number of hydrogen-bond acceptors (Lipinski definition) is 9. The molecule has 37 heavy (non-hydrogen) atoms. The minimum atomic E-state index is -4.94. The van der Waals surface area contributed by atoms with Gasteiger partial charge < -0.3 is 34.6 Å². The van der Waals surface area contributed by atoms with Crippen molar-refractivity contribution in [1.82, 2.24) is 9.13 Å². The van der Waals surface area contributed by atoms with Gasteiger partial charge in [0.05, 0.1) is 18.8 Å². The maximum absolute atomic E-state index is 13.0. The van der Waals surface area contributed by atoms with E-state index in [0.717, 1.165) is 15.6 Å². The number of nitrogens with zero attached hydrogens (tertiary/aromatic N) is 5. The summed E-state index contributed by atoms with van der Waals surface area (Å²) in [4.78, 5) is 65.7. The molecule has 5 atom stereocenters. The second kappa shape index (κ2) is 13.0. The van der Waals surface area contributed by atoms with Crippen LogP contribution in [0.15, 0.2) is 20.9 Å². The molecule has 2 heterocycles. The quantitative estimate of drug-likeness (QED) is 0.0669. The van der Waals surface area contributed by atoms with Crippen LogP contribution in [0.5, 0.6) is 0 Å². The Morgan fingerprint density at radius 3 is 2.46 bits per heavy atom. The molecule has 1 saturated heterocycles. The molecular weight excluding hydrogens is 557 g/mol. The minimum Gasteiger partial charge on any atom is -0.352 e. The molecule has 210 valence electrons. The Morgan fingerprint density at radius 1 is 1.19 bits per heavy atom. The van der Waals surface area contributed by atoms with Gasteiger partial charge >= 0.3 is 20.9 Å². The van der Waals surface area contributed by atoms with Crippen LogP contribution < -0.4 is 17.0 Å². The summed E-state index contributed by atoms with van der Waals surface area (Å²) in [5, 5.41) is 3.57. The first kappa shape index (κ1) is 31.6. The van der Waals surface area contributed by atoms with Crippen molar-refractivity contribution in [2.75, 3.05) is 25.0 Å². The van der Waals surface area contributed by atoms with E-state index in [1.54, 1.807) is 0 Å². The van der Waals surface area contributed by atoms with Crippen LogP contribution in [-0.2, 0) is 29.5 Å². The Morgan fingerprint density at radius 2 is 1.86 bits per heavy atom. The molecular formula is C17H31N6O11P3. The maximum Gasteiger partial charge on any atom is 0.337 e. The first-order valence-corrected chi connectivity index (χ1v) is 16.7. The van der Waals surface area contributed by atoms with Crippen LogP contribution in [-0.4, -0.2) is 65.8 Å². The van der Waals surface area contributed by atoms with Gasteiger partial charge in [0, 0.05) is 29.6 Å². The molecule has 20 heteroatoms. The molecule has 1 aromatic rings. The van der Waals surface area contributed by atoms with E-state index in [1.807, 2.05) is 0 Å². The molecule has 17 nitrogen and oxygen atoms in total. The van der Waals surface area contributed by atoms with Gasteiger partial charge in [-0.05, 0) is 31.8 Å². The van der Waals surface area contributed by atoms with E-state index >= 15 is 0 Å². The monoisotopic (exact) mass is 588 g/mol.